The van der Waals surface area contributed by atoms with Gasteiger partial charge >= 0.3 is 0 Å². The Morgan fingerprint density at radius 1 is 0.939 bits per heavy atom. The van der Waals surface area contributed by atoms with Gasteiger partial charge in [-0.1, -0.05) is 34.4 Å². The first-order valence-electron chi connectivity index (χ1n) is 9.73. The lowest BCUT2D eigenvalue weighted by Gasteiger charge is -2.28. The Balaban J connectivity index is 1.55. The fourth-order valence-electron chi connectivity index (χ4n) is 3.51. The third-order valence-corrected chi connectivity index (χ3v) is 5.89. The van der Waals surface area contributed by atoms with Crippen LogP contribution in [0.1, 0.15) is 5.56 Å². The van der Waals surface area contributed by atoms with Gasteiger partial charge < -0.3 is 4.52 Å². The number of nitrogens with one attached hydrogen (secondary N) is 1. The molecule has 1 aliphatic heterocycles. The molecule has 1 aromatic heterocycles. The third-order valence-electron chi connectivity index (χ3n) is 5.10. The molecule has 1 saturated heterocycles. The number of fused-ring (bicyclic) bond motifs is 1. The normalized spacial score (nSPS) is 15.4. The molecule has 2 amide bonds. The predicted molar refractivity (Wildman–Crippen MR) is 132 cm³/mol. The summed E-state index contributed by atoms with van der Waals surface area (Å²) in [7, 11) is 0. The average molecular weight is 494 g/mol. The second-order valence-corrected chi connectivity index (χ2v) is 8.49. The molecule has 2 heterocycles. The van der Waals surface area contributed by atoms with Gasteiger partial charge in [-0.05, 0) is 84.5 Å². The summed E-state index contributed by atoms with van der Waals surface area (Å²) in [4.78, 5) is 27.1. The van der Waals surface area contributed by atoms with Crippen molar-refractivity contribution in [1.29, 1.82) is 0 Å². The second-order valence-electron chi connectivity index (χ2n) is 7.23. The van der Waals surface area contributed by atoms with Crippen LogP contribution >= 0.6 is 35.4 Å². The molecule has 162 valence electrons. The molecule has 3 aromatic carbocycles. The van der Waals surface area contributed by atoms with E-state index in [4.69, 9.17) is 39.9 Å². The largest absolute Gasteiger partial charge is 0.355 e. The molecule has 6 nitrogen and oxygen atoms in total. The summed E-state index contributed by atoms with van der Waals surface area (Å²) in [5, 5.41) is 8.53. The van der Waals surface area contributed by atoms with Crippen molar-refractivity contribution in [2.24, 2.45) is 0 Å². The highest BCUT2D eigenvalue weighted by Gasteiger charge is 2.34. The summed E-state index contributed by atoms with van der Waals surface area (Å²) < 4.78 is 5.53. The van der Waals surface area contributed by atoms with Crippen LogP contribution in [0.4, 0.5) is 5.69 Å². The SMILES string of the molecule is O=C1NC(=S)N(c2ccc(Cl)cc2)C(=O)C1=Cc1ccc2noc(-c3ccc(Cl)cc3)c2c1. The van der Waals surface area contributed by atoms with Crippen LogP contribution in [0.5, 0.6) is 0 Å². The number of benzene rings is 3. The first-order valence-corrected chi connectivity index (χ1v) is 10.9. The van der Waals surface area contributed by atoms with E-state index in [1.165, 1.54) is 11.0 Å². The molecule has 0 saturated carbocycles. The maximum Gasteiger partial charge on any atom is 0.270 e. The van der Waals surface area contributed by atoms with Gasteiger partial charge in [-0.15, -0.1) is 0 Å². The summed E-state index contributed by atoms with van der Waals surface area (Å²) in [5.74, 6) is -0.543. The molecular weight excluding hydrogens is 481 g/mol. The van der Waals surface area contributed by atoms with Crippen LogP contribution in [-0.4, -0.2) is 22.1 Å². The summed E-state index contributed by atoms with van der Waals surface area (Å²) in [6, 6.07) is 19.1. The number of nitrogens with zero attached hydrogens (tertiary/aromatic N) is 2. The number of carbonyl (C=O) groups excluding carboxylic acids is 2. The Morgan fingerprint density at radius 2 is 1.61 bits per heavy atom. The minimum Gasteiger partial charge on any atom is -0.355 e. The van der Waals surface area contributed by atoms with Gasteiger partial charge in [0.05, 0.1) is 11.1 Å². The van der Waals surface area contributed by atoms with Gasteiger partial charge in [-0.2, -0.15) is 0 Å². The van der Waals surface area contributed by atoms with E-state index < -0.39 is 11.8 Å². The van der Waals surface area contributed by atoms with Crippen molar-refractivity contribution in [2.75, 3.05) is 4.90 Å². The number of anilines is 1. The van der Waals surface area contributed by atoms with Crippen molar-refractivity contribution in [2.45, 2.75) is 0 Å². The van der Waals surface area contributed by atoms with E-state index in [-0.39, 0.29) is 10.7 Å². The van der Waals surface area contributed by atoms with Gasteiger partial charge in [0.2, 0.25) is 0 Å². The fraction of sp³-hybridized carbons (Fsp3) is 0. The molecule has 0 spiro atoms. The Hall–Kier alpha value is -3.52. The van der Waals surface area contributed by atoms with Crippen molar-refractivity contribution in [3.63, 3.8) is 0 Å². The van der Waals surface area contributed by atoms with Crippen molar-refractivity contribution in [1.82, 2.24) is 10.5 Å². The van der Waals surface area contributed by atoms with Gasteiger partial charge in [0, 0.05) is 15.6 Å². The molecular formula is C24H13Cl2N3O3S. The van der Waals surface area contributed by atoms with Crippen LogP contribution in [0.25, 0.3) is 28.3 Å². The average Bonchev–Trinajstić information content (AvgIpc) is 3.21. The Morgan fingerprint density at radius 3 is 2.30 bits per heavy atom. The summed E-state index contributed by atoms with van der Waals surface area (Å²) in [6.45, 7) is 0. The predicted octanol–water partition coefficient (Wildman–Crippen LogP) is 5.63. The maximum absolute atomic E-state index is 13.2. The first kappa shape index (κ1) is 21.3. The summed E-state index contributed by atoms with van der Waals surface area (Å²) >= 11 is 17.2. The number of aromatic nitrogens is 1. The monoisotopic (exact) mass is 493 g/mol. The van der Waals surface area contributed by atoms with Crippen LogP contribution in [0.2, 0.25) is 10.0 Å². The van der Waals surface area contributed by atoms with Crippen LogP contribution in [0.15, 0.2) is 76.8 Å². The van der Waals surface area contributed by atoms with Gasteiger partial charge in [0.25, 0.3) is 11.8 Å². The Bertz CT molecular complexity index is 1460. The molecule has 1 aliphatic rings. The van der Waals surface area contributed by atoms with Gasteiger partial charge in [0.15, 0.2) is 10.9 Å². The van der Waals surface area contributed by atoms with E-state index in [9.17, 15) is 9.59 Å². The van der Waals surface area contributed by atoms with E-state index >= 15 is 0 Å². The standard InChI is InChI=1S/C24H13Cl2N3O3S/c25-15-4-2-14(3-5-15)21-18-11-13(1-10-20(18)28-32-21)12-19-22(30)27-24(33)29(23(19)31)17-8-6-16(26)7-9-17/h1-12H,(H,27,30,33). The number of halogens is 2. The molecule has 5 rings (SSSR count). The highest BCUT2D eigenvalue weighted by Crippen LogP contribution is 2.31. The van der Waals surface area contributed by atoms with Crippen LogP contribution < -0.4 is 10.2 Å². The van der Waals surface area contributed by atoms with Crippen LogP contribution in [-0.2, 0) is 9.59 Å². The number of carbonyl (C=O) groups is 2. The highest BCUT2D eigenvalue weighted by atomic mass is 35.5. The minimum absolute atomic E-state index is 0.00369. The zero-order chi connectivity index (χ0) is 23.1. The van der Waals surface area contributed by atoms with E-state index in [2.05, 4.69) is 10.5 Å². The zero-order valence-corrected chi connectivity index (χ0v) is 19.0. The highest BCUT2D eigenvalue weighted by molar-refractivity contribution is 7.80. The van der Waals surface area contributed by atoms with Gasteiger partial charge in [-0.3, -0.25) is 19.8 Å². The Labute approximate surface area is 203 Å². The number of hydrogen-bond donors (Lipinski definition) is 1. The lowest BCUT2D eigenvalue weighted by molar-refractivity contribution is -0.122. The van der Waals surface area contributed by atoms with Gasteiger partial charge in [-0.25, -0.2) is 0 Å². The van der Waals surface area contributed by atoms with Crippen molar-refractivity contribution < 1.29 is 14.1 Å². The van der Waals surface area contributed by atoms with Crippen molar-refractivity contribution >= 4 is 75.0 Å². The van der Waals surface area contributed by atoms with E-state index in [0.717, 1.165) is 10.9 Å². The van der Waals surface area contributed by atoms with E-state index in [0.29, 0.717) is 32.6 Å². The molecule has 9 heteroatoms. The lowest BCUT2D eigenvalue weighted by Crippen LogP contribution is -2.54. The third kappa shape index (κ3) is 4.02. The Kier molecular flexibility index (Phi) is 5.46. The smallest absolute Gasteiger partial charge is 0.270 e. The molecule has 4 aromatic rings. The number of thiocarbonyl (C=S) groups is 1. The minimum atomic E-state index is -0.571. The fourth-order valence-corrected chi connectivity index (χ4v) is 4.04. The summed E-state index contributed by atoms with van der Waals surface area (Å²) in [6.07, 6.45) is 1.51. The van der Waals surface area contributed by atoms with Crippen LogP contribution in [0.3, 0.4) is 0 Å². The number of amides is 2. The second kappa shape index (κ2) is 8.44. The number of hydrogen-bond acceptors (Lipinski definition) is 5. The summed E-state index contributed by atoms with van der Waals surface area (Å²) in [5.41, 5.74) is 2.52. The molecule has 33 heavy (non-hydrogen) atoms. The van der Waals surface area contributed by atoms with Crippen molar-refractivity contribution in [3.8, 4) is 11.3 Å². The maximum atomic E-state index is 13.2. The quantitative estimate of drug-likeness (QED) is 0.227. The van der Waals surface area contributed by atoms with Crippen molar-refractivity contribution in [3.05, 3.63) is 87.9 Å². The van der Waals surface area contributed by atoms with E-state index in [1.54, 1.807) is 48.5 Å². The molecule has 1 fully saturated rings. The van der Waals surface area contributed by atoms with Gasteiger partial charge in [0.1, 0.15) is 11.1 Å². The molecule has 0 radical (unpaired) electrons. The molecule has 0 bridgehead atoms. The lowest BCUT2D eigenvalue weighted by atomic mass is 10.0. The first-order chi connectivity index (χ1) is 15.9. The van der Waals surface area contributed by atoms with Crippen LogP contribution in [0, 0.1) is 0 Å². The molecule has 0 aliphatic carbocycles. The zero-order valence-electron chi connectivity index (χ0n) is 16.7. The van der Waals surface area contributed by atoms with E-state index in [1.807, 2.05) is 18.2 Å². The topological polar surface area (TPSA) is 75.4 Å². The number of rotatable bonds is 3. The molecule has 0 atom stereocenters. The molecule has 0 unspecified atom stereocenters. The molecule has 1 N–H and O–H groups in total.